The highest BCUT2D eigenvalue weighted by molar-refractivity contribution is 7.98. The van der Waals surface area contributed by atoms with E-state index in [-0.39, 0.29) is 55.9 Å². The van der Waals surface area contributed by atoms with Crippen molar-refractivity contribution in [3.63, 3.8) is 0 Å². The Kier molecular flexibility index (Phi) is 16.9. The molecule has 2 amide bonds. The van der Waals surface area contributed by atoms with Crippen LogP contribution in [0.1, 0.15) is 65.4 Å². The number of carbonyl (C=O) groups excluding carboxylic acids is 4. The minimum Gasteiger partial charge on any atom is -0.481 e. The summed E-state index contributed by atoms with van der Waals surface area (Å²) in [6.07, 6.45) is 2.67. The molecule has 0 fully saturated rings. The number of carboxylic acid groups (broad SMARTS) is 1. The molecule has 0 aliphatic heterocycles. The van der Waals surface area contributed by atoms with Crippen LogP contribution in [0.15, 0.2) is 30.3 Å². The van der Waals surface area contributed by atoms with Crippen molar-refractivity contribution >= 4 is 41.3 Å². The highest BCUT2D eigenvalue weighted by Crippen LogP contribution is 2.19. The van der Waals surface area contributed by atoms with E-state index < -0.39 is 35.7 Å². The molecule has 1 aromatic carbocycles. The molecule has 0 unspecified atom stereocenters. The van der Waals surface area contributed by atoms with Gasteiger partial charge in [-0.3, -0.25) is 24.0 Å². The zero-order valence-electron chi connectivity index (χ0n) is 24.4. The maximum atomic E-state index is 13.6. The SMILES string of the molecule is CSCC[C@H](CC(=O)OCC(C)C)C(=O)N[C@@H](CC(C)C)C(=O)C[C@@H](Cc1ccccc1)C(=O)NCCC(=O)O. The number of Topliss-reactive ketones (excluding diaryl/α,β-unsaturated/α-hetero) is 1. The summed E-state index contributed by atoms with van der Waals surface area (Å²) in [6, 6.07) is 8.46. The number of benzene rings is 1. The van der Waals surface area contributed by atoms with Crippen LogP contribution in [0.2, 0.25) is 0 Å². The molecule has 0 aromatic heterocycles. The van der Waals surface area contributed by atoms with E-state index >= 15 is 0 Å². The number of carbonyl (C=O) groups is 5. The van der Waals surface area contributed by atoms with E-state index in [0.717, 1.165) is 5.56 Å². The monoisotopic (exact) mass is 578 g/mol. The molecule has 0 saturated carbocycles. The number of thioether (sulfide) groups is 1. The topological polar surface area (TPSA) is 139 Å². The number of hydrogen-bond donors (Lipinski definition) is 3. The van der Waals surface area contributed by atoms with Gasteiger partial charge in [-0.25, -0.2) is 0 Å². The van der Waals surface area contributed by atoms with Crippen molar-refractivity contribution in [3.05, 3.63) is 35.9 Å². The molecular weight excluding hydrogens is 532 g/mol. The molecule has 40 heavy (non-hydrogen) atoms. The van der Waals surface area contributed by atoms with Gasteiger partial charge in [-0.1, -0.05) is 58.0 Å². The minimum atomic E-state index is -1.03. The number of ketones is 1. The Morgan fingerprint density at radius 3 is 2.17 bits per heavy atom. The van der Waals surface area contributed by atoms with Crippen molar-refractivity contribution in [1.82, 2.24) is 10.6 Å². The molecular formula is C30H46N2O7S. The fourth-order valence-electron chi connectivity index (χ4n) is 4.12. The van der Waals surface area contributed by atoms with Gasteiger partial charge in [0, 0.05) is 24.8 Å². The van der Waals surface area contributed by atoms with Crippen LogP contribution in [0, 0.1) is 23.7 Å². The smallest absolute Gasteiger partial charge is 0.306 e. The molecule has 3 atom stereocenters. The molecule has 1 rings (SSSR count). The largest absolute Gasteiger partial charge is 0.481 e. The van der Waals surface area contributed by atoms with Crippen LogP contribution in [0.25, 0.3) is 0 Å². The third kappa shape index (κ3) is 15.1. The van der Waals surface area contributed by atoms with Crippen LogP contribution in [0.4, 0.5) is 0 Å². The van der Waals surface area contributed by atoms with E-state index in [1.54, 1.807) is 11.8 Å². The first-order chi connectivity index (χ1) is 18.9. The summed E-state index contributed by atoms with van der Waals surface area (Å²) in [4.78, 5) is 63.1. The molecule has 0 saturated heterocycles. The Balaban J connectivity index is 3.05. The van der Waals surface area contributed by atoms with Crippen molar-refractivity contribution in [3.8, 4) is 0 Å². The maximum Gasteiger partial charge on any atom is 0.306 e. The number of carboxylic acids is 1. The fraction of sp³-hybridized carbons (Fsp3) is 0.633. The molecule has 1 aromatic rings. The molecule has 0 spiro atoms. The number of amides is 2. The van der Waals surface area contributed by atoms with Crippen LogP contribution in [-0.4, -0.2) is 65.8 Å². The van der Waals surface area contributed by atoms with Crippen molar-refractivity contribution in [2.24, 2.45) is 23.7 Å². The summed E-state index contributed by atoms with van der Waals surface area (Å²) < 4.78 is 5.29. The van der Waals surface area contributed by atoms with Gasteiger partial charge in [-0.15, -0.1) is 0 Å². The second-order valence-electron chi connectivity index (χ2n) is 10.9. The second-order valence-corrected chi connectivity index (χ2v) is 11.9. The van der Waals surface area contributed by atoms with Gasteiger partial charge in [0.25, 0.3) is 0 Å². The minimum absolute atomic E-state index is 0.0379. The predicted molar refractivity (Wildman–Crippen MR) is 157 cm³/mol. The summed E-state index contributed by atoms with van der Waals surface area (Å²) in [5.41, 5.74) is 0.871. The standard InChI is InChI=1S/C30H46N2O7S/c1-20(2)15-25(32-30(38)23(12-14-40-5)18-28(36)39-19-21(3)4)26(33)17-24(16-22-9-7-6-8-10-22)29(37)31-13-11-27(34)35/h6-10,20-21,23-25H,11-19H2,1-5H3,(H,31,37)(H,32,38)(H,34,35)/t23-,24-,25+/m1/s1. The van der Waals surface area contributed by atoms with E-state index in [9.17, 15) is 24.0 Å². The van der Waals surface area contributed by atoms with Gasteiger partial charge in [0.2, 0.25) is 11.8 Å². The Morgan fingerprint density at radius 1 is 0.925 bits per heavy atom. The van der Waals surface area contributed by atoms with Gasteiger partial charge in [-0.2, -0.15) is 11.8 Å². The first kappa shape index (κ1) is 35.1. The van der Waals surface area contributed by atoms with Crippen LogP contribution in [-0.2, 0) is 35.1 Å². The molecule has 3 N–H and O–H groups in total. The second kappa shape index (κ2) is 19.2. The molecule has 0 heterocycles. The lowest BCUT2D eigenvalue weighted by atomic mass is 9.88. The van der Waals surface area contributed by atoms with Crippen LogP contribution in [0.3, 0.4) is 0 Å². The van der Waals surface area contributed by atoms with Gasteiger partial charge in [0.05, 0.1) is 25.5 Å². The molecule has 9 nitrogen and oxygen atoms in total. The van der Waals surface area contributed by atoms with E-state index in [2.05, 4.69) is 10.6 Å². The maximum absolute atomic E-state index is 13.6. The number of hydrogen-bond acceptors (Lipinski definition) is 7. The van der Waals surface area contributed by atoms with Gasteiger partial charge in [0.1, 0.15) is 0 Å². The third-order valence-electron chi connectivity index (χ3n) is 6.23. The molecule has 0 aliphatic carbocycles. The summed E-state index contributed by atoms with van der Waals surface area (Å²) >= 11 is 1.57. The number of rotatable bonds is 20. The molecule has 0 aliphatic rings. The summed E-state index contributed by atoms with van der Waals surface area (Å²) in [5.74, 6) is -2.94. The van der Waals surface area contributed by atoms with Gasteiger partial charge >= 0.3 is 11.9 Å². The zero-order chi connectivity index (χ0) is 30.1. The normalized spacial score (nSPS) is 13.4. The molecule has 10 heteroatoms. The van der Waals surface area contributed by atoms with Gasteiger partial charge in [-0.05, 0) is 48.7 Å². The third-order valence-corrected chi connectivity index (χ3v) is 6.87. The zero-order valence-corrected chi connectivity index (χ0v) is 25.3. The lowest BCUT2D eigenvalue weighted by molar-refractivity contribution is -0.148. The summed E-state index contributed by atoms with van der Waals surface area (Å²) in [7, 11) is 0. The number of ether oxygens (including phenoxy) is 1. The Bertz CT molecular complexity index is 953. The van der Waals surface area contributed by atoms with Crippen LogP contribution >= 0.6 is 11.8 Å². The van der Waals surface area contributed by atoms with Gasteiger partial charge in [0.15, 0.2) is 5.78 Å². The average Bonchev–Trinajstić information content (AvgIpc) is 2.88. The highest BCUT2D eigenvalue weighted by atomic mass is 32.2. The van der Waals surface area contributed by atoms with Gasteiger partial charge < -0.3 is 20.5 Å². The van der Waals surface area contributed by atoms with E-state index in [4.69, 9.17) is 9.84 Å². The van der Waals surface area contributed by atoms with Crippen molar-refractivity contribution < 1.29 is 33.8 Å². The molecule has 0 bridgehead atoms. The molecule has 224 valence electrons. The fourth-order valence-corrected chi connectivity index (χ4v) is 4.64. The number of nitrogens with one attached hydrogen (secondary N) is 2. The van der Waals surface area contributed by atoms with Crippen LogP contribution < -0.4 is 10.6 Å². The Morgan fingerprint density at radius 2 is 1.60 bits per heavy atom. The van der Waals surface area contributed by atoms with Crippen molar-refractivity contribution in [1.29, 1.82) is 0 Å². The van der Waals surface area contributed by atoms with Crippen LogP contribution in [0.5, 0.6) is 0 Å². The van der Waals surface area contributed by atoms with E-state index in [0.29, 0.717) is 25.0 Å². The Hall–Kier alpha value is -2.88. The lowest BCUT2D eigenvalue weighted by Gasteiger charge is -2.25. The first-order valence-electron chi connectivity index (χ1n) is 13.9. The number of esters is 1. The lowest BCUT2D eigenvalue weighted by Crippen LogP contribution is -2.46. The summed E-state index contributed by atoms with van der Waals surface area (Å²) in [5, 5.41) is 14.4. The summed E-state index contributed by atoms with van der Waals surface area (Å²) in [6.45, 7) is 8.00. The quantitative estimate of drug-likeness (QED) is 0.198. The average molecular weight is 579 g/mol. The predicted octanol–water partition coefficient (Wildman–Crippen LogP) is 3.88. The first-order valence-corrected chi connectivity index (χ1v) is 15.3. The molecule has 0 radical (unpaired) electrons. The van der Waals surface area contributed by atoms with E-state index in [1.807, 2.05) is 64.3 Å². The number of aliphatic carboxylic acids is 1. The van der Waals surface area contributed by atoms with Crippen molar-refractivity contribution in [2.45, 2.75) is 72.3 Å². The van der Waals surface area contributed by atoms with E-state index in [1.165, 1.54) is 0 Å². The highest BCUT2D eigenvalue weighted by Gasteiger charge is 2.31. The Labute approximate surface area is 242 Å². The van der Waals surface area contributed by atoms with Crippen molar-refractivity contribution in [2.75, 3.05) is 25.2 Å².